The molecule has 1 unspecified atom stereocenters. The van der Waals surface area contributed by atoms with E-state index >= 15 is 0 Å². The molecule has 0 aliphatic rings. The Balaban J connectivity index is 2.36. The van der Waals surface area contributed by atoms with Gasteiger partial charge >= 0.3 is 0 Å². The highest BCUT2D eigenvalue weighted by Crippen LogP contribution is 2.14. The molecule has 0 spiro atoms. The lowest BCUT2D eigenvalue weighted by Crippen LogP contribution is -2.18. The molecule has 0 saturated carbocycles. The van der Waals surface area contributed by atoms with E-state index in [2.05, 4.69) is 15.0 Å². The molecule has 0 fully saturated rings. The van der Waals surface area contributed by atoms with Gasteiger partial charge in [0.25, 0.3) is 0 Å². The fourth-order valence-corrected chi connectivity index (χ4v) is 1.46. The Labute approximate surface area is 88.0 Å². The van der Waals surface area contributed by atoms with Gasteiger partial charge in [-0.2, -0.15) is 0 Å². The van der Waals surface area contributed by atoms with Gasteiger partial charge < -0.3 is 10.3 Å². The van der Waals surface area contributed by atoms with Crippen molar-refractivity contribution in [3.8, 4) is 0 Å². The highest BCUT2D eigenvalue weighted by atomic mass is 15.1. The molecule has 0 amide bonds. The van der Waals surface area contributed by atoms with E-state index in [1.54, 1.807) is 12.4 Å². The molecule has 2 heterocycles. The summed E-state index contributed by atoms with van der Waals surface area (Å²) < 4.78 is 1.89. The first kappa shape index (κ1) is 9.79. The molecule has 0 aliphatic heterocycles. The van der Waals surface area contributed by atoms with Crippen LogP contribution in [0.25, 0.3) is 0 Å². The molecule has 1 atom stereocenters. The average Bonchev–Trinajstić information content (AvgIpc) is 2.63. The van der Waals surface area contributed by atoms with E-state index in [0.29, 0.717) is 0 Å². The molecule has 0 aliphatic carbocycles. The number of rotatable bonds is 2. The predicted octanol–water partition coefficient (Wildman–Crippen LogP) is 0.567. The molecule has 2 aromatic heterocycles. The largest absolute Gasteiger partial charge is 0.336 e. The molecule has 5 heteroatoms. The standard InChI is InChI=1S/C10H13N5/c1-7-12-4-3-8(14-7)9(11)10-13-5-6-15(10)2/h3-6,9H,11H2,1-2H3. The molecule has 78 valence electrons. The molecule has 2 N–H and O–H groups in total. The monoisotopic (exact) mass is 203 g/mol. The fraction of sp³-hybridized carbons (Fsp3) is 0.300. The number of nitrogens with zero attached hydrogens (tertiary/aromatic N) is 4. The lowest BCUT2D eigenvalue weighted by atomic mass is 10.2. The van der Waals surface area contributed by atoms with Crippen molar-refractivity contribution in [2.45, 2.75) is 13.0 Å². The van der Waals surface area contributed by atoms with Crippen LogP contribution in [0.3, 0.4) is 0 Å². The van der Waals surface area contributed by atoms with Gasteiger partial charge in [0, 0.05) is 25.6 Å². The van der Waals surface area contributed by atoms with Crippen molar-refractivity contribution in [3.05, 3.63) is 42.0 Å². The van der Waals surface area contributed by atoms with Gasteiger partial charge in [-0.25, -0.2) is 15.0 Å². The Bertz CT molecular complexity index is 462. The minimum Gasteiger partial charge on any atom is -0.336 e. The summed E-state index contributed by atoms with van der Waals surface area (Å²) in [6.45, 7) is 1.84. The first-order valence-electron chi connectivity index (χ1n) is 4.71. The summed E-state index contributed by atoms with van der Waals surface area (Å²) in [5.74, 6) is 1.52. The van der Waals surface area contributed by atoms with Crippen LogP contribution in [-0.2, 0) is 7.05 Å². The maximum absolute atomic E-state index is 6.06. The second-order valence-electron chi connectivity index (χ2n) is 3.40. The van der Waals surface area contributed by atoms with Crippen molar-refractivity contribution in [2.24, 2.45) is 12.8 Å². The predicted molar refractivity (Wildman–Crippen MR) is 56.0 cm³/mol. The zero-order chi connectivity index (χ0) is 10.8. The van der Waals surface area contributed by atoms with Gasteiger partial charge in [-0.3, -0.25) is 0 Å². The number of nitrogens with two attached hydrogens (primary N) is 1. The molecule has 5 nitrogen and oxygen atoms in total. The lowest BCUT2D eigenvalue weighted by Gasteiger charge is -2.10. The summed E-state index contributed by atoms with van der Waals surface area (Å²) >= 11 is 0. The number of hydrogen-bond acceptors (Lipinski definition) is 4. The summed E-state index contributed by atoms with van der Waals surface area (Å²) in [6.07, 6.45) is 5.30. The van der Waals surface area contributed by atoms with Crippen molar-refractivity contribution in [1.29, 1.82) is 0 Å². The first-order chi connectivity index (χ1) is 7.18. The Morgan fingerprint density at radius 2 is 2.13 bits per heavy atom. The summed E-state index contributed by atoms with van der Waals surface area (Å²) in [7, 11) is 1.91. The second-order valence-corrected chi connectivity index (χ2v) is 3.40. The highest BCUT2D eigenvalue weighted by Gasteiger charge is 2.14. The molecule has 2 aromatic rings. The van der Waals surface area contributed by atoms with Crippen LogP contribution in [0.4, 0.5) is 0 Å². The summed E-state index contributed by atoms with van der Waals surface area (Å²) in [5.41, 5.74) is 6.85. The molecule has 15 heavy (non-hydrogen) atoms. The van der Waals surface area contributed by atoms with Crippen molar-refractivity contribution < 1.29 is 0 Å². The topological polar surface area (TPSA) is 69.6 Å². The van der Waals surface area contributed by atoms with Gasteiger partial charge in [0.1, 0.15) is 17.7 Å². The van der Waals surface area contributed by atoms with Gasteiger partial charge in [0.15, 0.2) is 0 Å². The van der Waals surface area contributed by atoms with Crippen molar-refractivity contribution >= 4 is 0 Å². The highest BCUT2D eigenvalue weighted by molar-refractivity contribution is 5.16. The first-order valence-corrected chi connectivity index (χ1v) is 4.71. The number of aromatic nitrogens is 4. The number of hydrogen-bond donors (Lipinski definition) is 1. The number of aryl methyl sites for hydroxylation is 2. The number of imidazole rings is 1. The van der Waals surface area contributed by atoms with Gasteiger partial charge in [-0.1, -0.05) is 0 Å². The Kier molecular flexibility index (Phi) is 2.47. The lowest BCUT2D eigenvalue weighted by molar-refractivity contribution is 0.694. The van der Waals surface area contributed by atoms with Crippen molar-refractivity contribution in [1.82, 2.24) is 19.5 Å². The van der Waals surface area contributed by atoms with Crippen LogP contribution in [0, 0.1) is 6.92 Å². The van der Waals surface area contributed by atoms with Crippen LogP contribution in [0.15, 0.2) is 24.7 Å². The van der Waals surface area contributed by atoms with Crippen LogP contribution >= 0.6 is 0 Å². The van der Waals surface area contributed by atoms with Crippen LogP contribution in [0.5, 0.6) is 0 Å². The summed E-state index contributed by atoms with van der Waals surface area (Å²) in [4.78, 5) is 12.5. The third kappa shape index (κ3) is 1.87. The smallest absolute Gasteiger partial charge is 0.131 e. The molecule has 0 saturated heterocycles. The Morgan fingerprint density at radius 3 is 2.73 bits per heavy atom. The van der Waals surface area contributed by atoms with Crippen LogP contribution in [0.1, 0.15) is 23.4 Å². The van der Waals surface area contributed by atoms with Crippen LogP contribution < -0.4 is 5.73 Å². The zero-order valence-corrected chi connectivity index (χ0v) is 8.75. The van der Waals surface area contributed by atoms with E-state index in [4.69, 9.17) is 5.73 Å². The van der Waals surface area contributed by atoms with E-state index in [9.17, 15) is 0 Å². The van der Waals surface area contributed by atoms with E-state index in [1.807, 2.05) is 30.8 Å². The SMILES string of the molecule is Cc1nccc(C(N)c2nccn2C)n1. The van der Waals surface area contributed by atoms with Crippen LogP contribution in [0.2, 0.25) is 0 Å². The summed E-state index contributed by atoms with van der Waals surface area (Å²) in [6, 6.07) is 1.51. The molecule has 0 bridgehead atoms. The molecule has 0 radical (unpaired) electrons. The average molecular weight is 203 g/mol. The van der Waals surface area contributed by atoms with E-state index in [1.165, 1.54) is 0 Å². The summed E-state index contributed by atoms with van der Waals surface area (Å²) in [5, 5.41) is 0. The fourth-order valence-electron chi connectivity index (χ4n) is 1.46. The zero-order valence-electron chi connectivity index (χ0n) is 8.75. The molecule has 2 rings (SSSR count). The minimum absolute atomic E-state index is 0.299. The van der Waals surface area contributed by atoms with E-state index in [0.717, 1.165) is 17.3 Å². The molecular weight excluding hydrogens is 190 g/mol. The van der Waals surface area contributed by atoms with Gasteiger partial charge in [0.2, 0.25) is 0 Å². The molecule has 0 aromatic carbocycles. The van der Waals surface area contributed by atoms with E-state index < -0.39 is 0 Å². The van der Waals surface area contributed by atoms with Gasteiger partial charge in [-0.05, 0) is 13.0 Å². The Morgan fingerprint density at radius 1 is 1.33 bits per heavy atom. The third-order valence-electron chi connectivity index (χ3n) is 2.25. The maximum Gasteiger partial charge on any atom is 0.131 e. The van der Waals surface area contributed by atoms with Crippen molar-refractivity contribution in [3.63, 3.8) is 0 Å². The minimum atomic E-state index is -0.299. The van der Waals surface area contributed by atoms with Crippen molar-refractivity contribution in [2.75, 3.05) is 0 Å². The van der Waals surface area contributed by atoms with Crippen LogP contribution in [-0.4, -0.2) is 19.5 Å². The quantitative estimate of drug-likeness (QED) is 0.774. The van der Waals surface area contributed by atoms with Gasteiger partial charge in [0.05, 0.1) is 5.69 Å². The van der Waals surface area contributed by atoms with Gasteiger partial charge in [-0.15, -0.1) is 0 Å². The maximum atomic E-state index is 6.06. The Hall–Kier alpha value is -1.75. The second kappa shape index (κ2) is 3.78. The van der Waals surface area contributed by atoms with E-state index in [-0.39, 0.29) is 6.04 Å². The third-order valence-corrected chi connectivity index (χ3v) is 2.25. The molecular formula is C10H13N5. The normalized spacial score (nSPS) is 12.7.